The van der Waals surface area contributed by atoms with E-state index in [1.54, 1.807) is 43.3 Å². The van der Waals surface area contributed by atoms with Crippen LogP contribution in [0.4, 0.5) is 4.39 Å². The fourth-order valence-corrected chi connectivity index (χ4v) is 3.99. The van der Waals surface area contributed by atoms with E-state index < -0.39 is 32.9 Å². The molecule has 1 heterocycles. The monoisotopic (exact) mass is 433 g/mol. The highest BCUT2D eigenvalue weighted by atomic mass is 32.2. The molecule has 0 aliphatic rings. The molecule has 0 saturated heterocycles. The number of nitrogens with one attached hydrogen (secondary N) is 2. The molecule has 0 spiro atoms. The zero-order chi connectivity index (χ0) is 21.6. The maximum atomic E-state index is 13.9. The first-order valence-corrected chi connectivity index (χ1v) is 10.6. The summed E-state index contributed by atoms with van der Waals surface area (Å²) in [5.74, 6) is -1.39. The molecule has 158 valence electrons. The minimum absolute atomic E-state index is 0.00798. The van der Waals surface area contributed by atoms with Crippen molar-refractivity contribution < 1.29 is 27.1 Å². The maximum Gasteiger partial charge on any atom is 0.342 e. The number of rotatable bonds is 9. The third-order valence-electron chi connectivity index (χ3n) is 4.11. The van der Waals surface area contributed by atoms with E-state index in [1.165, 1.54) is 18.2 Å². The van der Waals surface area contributed by atoms with E-state index in [-0.39, 0.29) is 24.5 Å². The van der Waals surface area contributed by atoms with Gasteiger partial charge in [-0.1, -0.05) is 42.5 Å². The summed E-state index contributed by atoms with van der Waals surface area (Å²) < 4.78 is 52.7. The molecular weight excluding hydrogens is 413 g/mol. The highest BCUT2D eigenvalue weighted by molar-refractivity contribution is 7.89. The van der Waals surface area contributed by atoms with Crippen molar-refractivity contribution in [3.63, 3.8) is 0 Å². The molecule has 0 radical (unpaired) electrons. The third kappa shape index (κ3) is 5.02. The Morgan fingerprint density at radius 3 is 2.57 bits per heavy atom. The fraction of sp³-hybridized carbons (Fsp3) is 0.200. The van der Waals surface area contributed by atoms with Gasteiger partial charge in [-0.15, -0.1) is 0 Å². The number of para-hydroxylation sites is 1. The number of aromatic nitrogens is 2. The van der Waals surface area contributed by atoms with Crippen LogP contribution >= 0.6 is 0 Å². The number of carbonyl (C=O) groups excluding carboxylic acids is 1. The summed E-state index contributed by atoms with van der Waals surface area (Å²) in [6.45, 7) is 1.50. The van der Waals surface area contributed by atoms with E-state index in [0.717, 1.165) is 6.20 Å². The Morgan fingerprint density at radius 1 is 1.17 bits per heavy atom. The van der Waals surface area contributed by atoms with Crippen LogP contribution in [0, 0.1) is 5.82 Å². The number of nitrogens with zero attached hydrogens (tertiary/aromatic N) is 1. The van der Waals surface area contributed by atoms with Gasteiger partial charge in [0, 0.05) is 0 Å². The molecule has 0 saturated carbocycles. The largest absolute Gasteiger partial charge is 0.488 e. The fourth-order valence-electron chi connectivity index (χ4n) is 2.70. The van der Waals surface area contributed by atoms with Crippen molar-refractivity contribution in [3.05, 3.63) is 77.7 Å². The highest BCUT2D eigenvalue weighted by Gasteiger charge is 2.29. The molecule has 0 amide bonds. The van der Waals surface area contributed by atoms with Gasteiger partial charge in [0.2, 0.25) is 0 Å². The number of aromatic amines is 1. The zero-order valence-electron chi connectivity index (χ0n) is 16.0. The lowest BCUT2D eigenvalue weighted by molar-refractivity contribution is 0.0521. The molecule has 1 atom stereocenters. The molecule has 0 bridgehead atoms. The number of carbonyl (C=O) groups is 1. The molecule has 30 heavy (non-hydrogen) atoms. The van der Waals surface area contributed by atoms with E-state index in [4.69, 9.17) is 9.47 Å². The second kappa shape index (κ2) is 9.51. The summed E-state index contributed by atoms with van der Waals surface area (Å²) in [4.78, 5) is 12.0. The van der Waals surface area contributed by atoms with Gasteiger partial charge in [0.25, 0.3) is 10.0 Å². The van der Waals surface area contributed by atoms with Gasteiger partial charge in [0.1, 0.15) is 12.2 Å². The van der Waals surface area contributed by atoms with Gasteiger partial charge >= 0.3 is 5.97 Å². The molecule has 10 heteroatoms. The van der Waals surface area contributed by atoms with Gasteiger partial charge in [-0.3, -0.25) is 5.10 Å². The van der Waals surface area contributed by atoms with E-state index in [2.05, 4.69) is 14.9 Å². The number of H-pyrrole nitrogens is 1. The van der Waals surface area contributed by atoms with Gasteiger partial charge in [0.05, 0.1) is 18.8 Å². The van der Waals surface area contributed by atoms with Gasteiger partial charge in [0.15, 0.2) is 16.6 Å². The third-order valence-corrected chi connectivity index (χ3v) is 5.55. The van der Waals surface area contributed by atoms with E-state index in [0.29, 0.717) is 5.56 Å². The number of ether oxygens (including phenoxy) is 2. The van der Waals surface area contributed by atoms with E-state index in [1.807, 2.05) is 0 Å². The molecule has 2 N–H and O–H groups in total. The second-order valence-electron chi connectivity index (χ2n) is 6.16. The number of hydrogen-bond donors (Lipinski definition) is 2. The standard InChI is InChI=1S/C20H20FN3O5S/c1-2-28-20(25)15-12-22-23-19(15)30(26,27)24-17(14-8-4-3-5-9-14)13-29-18-11-7-6-10-16(18)21/h3-12,17,24H,2,13H2,1H3,(H,22,23)/t17-/m1/s1. The lowest BCUT2D eigenvalue weighted by Crippen LogP contribution is -2.33. The first-order valence-electron chi connectivity index (χ1n) is 9.07. The molecule has 3 rings (SSSR count). The number of benzene rings is 2. The number of halogens is 1. The van der Waals surface area contributed by atoms with Gasteiger partial charge < -0.3 is 9.47 Å². The maximum absolute atomic E-state index is 13.9. The minimum Gasteiger partial charge on any atom is -0.488 e. The van der Waals surface area contributed by atoms with Crippen LogP contribution in [0.5, 0.6) is 5.75 Å². The summed E-state index contributed by atoms with van der Waals surface area (Å²) >= 11 is 0. The Kier molecular flexibility index (Phi) is 6.80. The molecule has 0 unspecified atom stereocenters. The number of sulfonamides is 1. The predicted octanol–water partition coefficient (Wildman–Crippen LogP) is 2.82. The molecule has 8 nitrogen and oxygen atoms in total. The van der Waals surface area contributed by atoms with Crippen LogP contribution in [0.2, 0.25) is 0 Å². The molecule has 0 aliphatic heterocycles. The molecule has 3 aromatic rings. The van der Waals surface area contributed by atoms with Crippen LogP contribution in [0.25, 0.3) is 0 Å². The van der Waals surface area contributed by atoms with Crippen molar-refractivity contribution in [2.45, 2.75) is 18.0 Å². The zero-order valence-corrected chi connectivity index (χ0v) is 16.9. The van der Waals surface area contributed by atoms with Crippen molar-refractivity contribution in [1.29, 1.82) is 0 Å². The first kappa shape index (κ1) is 21.5. The Bertz CT molecular complexity index is 1100. The Balaban J connectivity index is 1.87. The molecule has 1 aromatic heterocycles. The summed E-state index contributed by atoms with van der Waals surface area (Å²) in [6, 6.07) is 13.6. The van der Waals surface area contributed by atoms with Crippen molar-refractivity contribution in [1.82, 2.24) is 14.9 Å². The summed E-state index contributed by atoms with van der Waals surface area (Å²) in [5, 5.41) is 5.55. The molecule has 0 aliphatic carbocycles. The van der Waals surface area contributed by atoms with Crippen LogP contribution in [-0.4, -0.2) is 37.8 Å². The molecule has 2 aromatic carbocycles. The van der Waals surface area contributed by atoms with Gasteiger partial charge in [-0.05, 0) is 24.6 Å². The highest BCUT2D eigenvalue weighted by Crippen LogP contribution is 2.22. The lowest BCUT2D eigenvalue weighted by Gasteiger charge is -2.20. The Labute approximate surface area is 173 Å². The van der Waals surface area contributed by atoms with E-state index in [9.17, 15) is 17.6 Å². The number of esters is 1. The Hall–Kier alpha value is -3.24. The van der Waals surface area contributed by atoms with Crippen molar-refractivity contribution >= 4 is 16.0 Å². The van der Waals surface area contributed by atoms with Crippen molar-refractivity contribution in [2.24, 2.45) is 0 Å². The average Bonchev–Trinajstić information content (AvgIpc) is 3.24. The quantitative estimate of drug-likeness (QED) is 0.502. The smallest absolute Gasteiger partial charge is 0.342 e. The average molecular weight is 433 g/mol. The summed E-state index contributed by atoms with van der Waals surface area (Å²) in [6.07, 6.45) is 1.08. The molecule has 0 fully saturated rings. The van der Waals surface area contributed by atoms with Gasteiger partial charge in [-0.25, -0.2) is 17.6 Å². The Morgan fingerprint density at radius 2 is 1.87 bits per heavy atom. The topological polar surface area (TPSA) is 110 Å². The van der Waals surface area contributed by atoms with Crippen molar-refractivity contribution in [3.8, 4) is 5.75 Å². The van der Waals surface area contributed by atoms with Crippen molar-refractivity contribution in [2.75, 3.05) is 13.2 Å². The van der Waals surface area contributed by atoms with Crippen LogP contribution in [0.15, 0.2) is 65.8 Å². The summed E-state index contributed by atoms with van der Waals surface area (Å²) in [7, 11) is -4.22. The molecular formula is C20H20FN3O5S. The van der Waals surface area contributed by atoms with Crippen LogP contribution in [-0.2, 0) is 14.8 Å². The van der Waals surface area contributed by atoms with E-state index >= 15 is 0 Å². The van der Waals surface area contributed by atoms with Gasteiger partial charge in [-0.2, -0.15) is 9.82 Å². The summed E-state index contributed by atoms with van der Waals surface area (Å²) in [5.41, 5.74) is 0.376. The second-order valence-corrected chi connectivity index (χ2v) is 7.81. The van der Waals surface area contributed by atoms with Crippen LogP contribution < -0.4 is 9.46 Å². The lowest BCUT2D eigenvalue weighted by atomic mass is 10.1. The SMILES string of the molecule is CCOC(=O)c1cn[nH]c1S(=O)(=O)N[C@H](COc1ccccc1F)c1ccccc1. The van der Waals surface area contributed by atoms with Crippen LogP contribution in [0.3, 0.4) is 0 Å². The first-order chi connectivity index (χ1) is 14.4. The normalized spacial score (nSPS) is 12.3. The minimum atomic E-state index is -4.22. The van der Waals surface area contributed by atoms with Crippen LogP contribution in [0.1, 0.15) is 28.9 Å². The predicted molar refractivity (Wildman–Crippen MR) is 106 cm³/mol. The number of hydrogen-bond acceptors (Lipinski definition) is 6.